The molecule has 6 rings (SSSR count). The van der Waals surface area contributed by atoms with Gasteiger partial charge in [-0.05, 0) is 67.5 Å². The summed E-state index contributed by atoms with van der Waals surface area (Å²) in [6, 6.07) is 13.7. The molecule has 2 aliphatic rings. The highest BCUT2D eigenvalue weighted by Crippen LogP contribution is 2.43. The SMILES string of the molecule is COc1nc(-c2cccc(-c3cccc(NC(=O)c4c(C)cn[nH]c4=O)c3C)c2Cl)cc2c1C(NCC1CCC(=O)N1)CC2. The van der Waals surface area contributed by atoms with Gasteiger partial charge in [-0.3, -0.25) is 14.4 Å². The van der Waals surface area contributed by atoms with Gasteiger partial charge in [-0.2, -0.15) is 5.10 Å². The van der Waals surface area contributed by atoms with Crippen LogP contribution in [0.25, 0.3) is 22.4 Å². The van der Waals surface area contributed by atoms with Gasteiger partial charge in [0.2, 0.25) is 11.8 Å². The third-order valence-electron chi connectivity index (χ3n) is 8.47. The number of ether oxygens (including phenoxy) is 1. The van der Waals surface area contributed by atoms with E-state index in [0.29, 0.717) is 40.8 Å². The number of anilines is 1. The summed E-state index contributed by atoms with van der Waals surface area (Å²) in [4.78, 5) is 41.8. The second-order valence-electron chi connectivity index (χ2n) is 11.2. The highest BCUT2D eigenvalue weighted by Gasteiger charge is 2.30. The molecule has 2 aromatic carbocycles. The number of hydrogen-bond donors (Lipinski definition) is 4. The summed E-state index contributed by atoms with van der Waals surface area (Å²) in [5, 5.41) is 16.1. The molecule has 3 heterocycles. The summed E-state index contributed by atoms with van der Waals surface area (Å²) in [5.74, 6) is 0.156. The number of rotatable bonds is 8. The second kappa shape index (κ2) is 12.2. The highest BCUT2D eigenvalue weighted by atomic mass is 35.5. The van der Waals surface area contributed by atoms with Gasteiger partial charge in [0.25, 0.3) is 11.5 Å². The number of aryl methyl sites for hydroxylation is 2. The normalized spacial score (nSPS) is 17.3. The first-order valence-corrected chi connectivity index (χ1v) is 15.0. The van der Waals surface area contributed by atoms with Crippen molar-refractivity contribution in [3.05, 3.63) is 91.9 Å². The van der Waals surface area contributed by atoms with Gasteiger partial charge in [0.1, 0.15) is 5.56 Å². The number of pyridine rings is 1. The fourth-order valence-electron chi connectivity index (χ4n) is 6.17. The molecular weight excluding hydrogens is 580 g/mol. The van der Waals surface area contributed by atoms with E-state index >= 15 is 0 Å². The molecule has 11 heteroatoms. The van der Waals surface area contributed by atoms with E-state index in [1.807, 2.05) is 37.3 Å². The zero-order valence-electron chi connectivity index (χ0n) is 24.7. The summed E-state index contributed by atoms with van der Waals surface area (Å²) < 4.78 is 5.79. The van der Waals surface area contributed by atoms with Crippen LogP contribution in [0.4, 0.5) is 5.69 Å². The average molecular weight is 613 g/mol. The minimum Gasteiger partial charge on any atom is -0.481 e. The van der Waals surface area contributed by atoms with Crippen molar-refractivity contribution in [2.45, 2.75) is 51.6 Å². The maximum Gasteiger partial charge on any atom is 0.277 e. The minimum absolute atomic E-state index is 0.0178. The molecular formula is C33H33ClN6O4. The van der Waals surface area contributed by atoms with Gasteiger partial charge in [-0.1, -0.05) is 41.9 Å². The van der Waals surface area contributed by atoms with Gasteiger partial charge in [0.15, 0.2) is 0 Å². The van der Waals surface area contributed by atoms with E-state index in [-0.39, 0.29) is 23.6 Å². The van der Waals surface area contributed by atoms with Crippen molar-refractivity contribution in [1.29, 1.82) is 0 Å². The number of fused-ring (bicyclic) bond motifs is 1. The first-order valence-electron chi connectivity index (χ1n) is 14.6. The van der Waals surface area contributed by atoms with Crippen LogP contribution in [0.2, 0.25) is 5.02 Å². The summed E-state index contributed by atoms with van der Waals surface area (Å²) in [7, 11) is 1.63. The van der Waals surface area contributed by atoms with Gasteiger partial charge in [0, 0.05) is 47.4 Å². The number of carbonyl (C=O) groups is 2. The molecule has 1 aliphatic heterocycles. The Hall–Kier alpha value is -4.54. The first kappa shape index (κ1) is 29.5. The molecule has 0 saturated carbocycles. The van der Waals surface area contributed by atoms with E-state index in [9.17, 15) is 14.4 Å². The molecule has 1 aliphatic carbocycles. The van der Waals surface area contributed by atoms with Crippen LogP contribution in [0, 0.1) is 13.8 Å². The van der Waals surface area contributed by atoms with Crippen molar-refractivity contribution >= 4 is 29.1 Å². The van der Waals surface area contributed by atoms with Crippen molar-refractivity contribution < 1.29 is 14.3 Å². The zero-order valence-corrected chi connectivity index (χ0v) is 25.5. The Kier molecular flexibility index (Phi) is 8.20. The molecule has 0 radical (unpaired) electrons. The fourth-order valence-corrected chi connectivity index (χ4v) is 6.50. The van der Waals surface area contributed by atoms with Crippen molar-refractivity contribution in [3.8, 4) is 28.3 Å². The fraction of sp³-hybridized carbons (Fsp3) is 0.303. The number of halogens is 1. The van der Waals surface area contributed by atoms with E-state index in [0.717, 1.165) is 52.6 Å². The maximum atomic E-state index is 13.0. The van der Waals surface area contributed by atoms with Crippen LogP contribution in [0.15, 0.2) is 53.5 Å². The van der Waals surface area contributed by atoms with E-state index in [1.165, 1.54) is 6.20 Å². The molecule has 1 fully saturated rings. The number of methoxy groups -OCH3 is 1. The standard InChI is InChI=1S/C33H33ClN6O4/c1-17-15-36-40-32(43)28(17)31(42)38-24-9-5-6-21(18(24)2)22-7-4-8-23(30(22)34)26-14-19-10-12-25(29(19)33(39-26)44-3)35-16-20-11-13-27(41)37-20/h4-9,14-15,20,25,35H,10-13,16H2,1-3H3,(H,37,41)(H,38,42)(H,40,43). The lowest BCUT2D eigenvalue weighted by atomic mass is 9.96. The van der Waals surface area contributed by atoms with Crippen LogP contribution in [0.5, 0.6) is 5.88 Å². The molecule has 44 heavy (non-hydrogen) atoms. The summed E-state index contributed by atoms with van der Waals surface area (Å²) in [5.41, 5.74) is 6.64. The molecule has 1 saturated heterocycles. The smallest absolute Gasteiger partial charge is 0.277 e. The van der Waals surface area contributed by atoms with Crippen molar-refractivity contribution in [2.75, 3.05) is 19.0 Å². The Morgan fingerprint density at radius 3 is 2.59 bits per heavy atom. The molecule has 2 unspecified atom stereocenters. The van der Waals surface area contributed by atoms with Crippen molar-refractivity contribution in [2.24, 2.45) is 0 Å². The lowest BCUT2D eigenvalue weighted by molar-refractivity contribution is -0.119. The lowest BCUT2D eigenvalue weighted by Crippen LogP contribution is -2.36. The third kappa shape index (κ3) is 5.58. The van der Waals surface area contributed by atoms with E-state index < -0.39 is 11.5 Å². The van der Waals surface area contributed by atoms with Gasteiger partial charge < -0.3 is 20.7 Å². The Morgan fingerprint density at radius 2 is 1.84 bits per heavy atom. The summed E-state index contributed by atoms with van der Waals surface area (Å²) >= 11 is 7.09. The van der Waals surface area contributed by atoms with Gasteiger partial charge >= 0.3 is 0 Å². The number of nitrogens with zero attached hydrogens (tertiary/aromatic N) is 2. The molecule has 2 atom stereocenters. The number of aromatic nitrogens is 3. The average Bonchev–Trinajstić information content (AvgIpc) is 3.62. The van der Waals surface area contributed by atoms with Crippen molar-refractivity contribution in [1.82, 2.24) is 25.8 Å². The van der Waals surface area contributed by atoms with Crippen LogP contribution in [-0.4, -0.2) is 46.7 Å². The molecule has 2 aromatic heterocycles. The summed E-state index contributed by atoms with van der Waals surface area (Å²) in [6.45, 7) is 4.27. The molecule has 4 N–H and O–H groups in total. The first-order chi connectivity index (χ1) is 21.2. The Morgan fingerprint density at radius 1 is 1.07 bits per heavy atom. The second-order valence-corrected chi connectivity index (χ2v) is 11.6. The van der Waals surface area contributed by atoms with Gasteiger partial charge in [-0.15, -0.1) is 0 Å². The van der Waals surface area contributed by atoms with Crippen LogP contribution < -0.4 is 26.2 Å². The highest BCUT2D eigenvalue weighted by molar-refractivity contribution is 6.36. The maximum absolute atomic E-state index is 13.0. The number of benzene rings is 2. The molecule has 0 spiro atoms. The molecule has 226 valence electrons. The lowest BCUT2D eigenvalue weighted by Gasteiger charge is -2.20. The van der Waals surface area contributed by atoms with Crippen LogP contribution in [-0.2, 0) is 11.2 Å². The van der Waals surface area contributed by atoms with E-state index in [2.05, 4.69) is 32.2 Å². The molecule has 4 aromatic rings. The summed E-state index contributed by atoms with van der Waals surface area (Å²) in [6.07, 6.45) is 4.64. The molecule has 2 amide bonds. The van der Waals surface area contributed by atoms with Crippen LogP contribution in [0.1, 0.15) is 57.9 Å². The van der Waals surface area contributed by atoms with Gasteiger partial charge in [-0.25, -0.2) is 10.1 Å². The van der Waals surface area contributed by atoms with E-state index in [4.69, 9.17) is 21.3 Å². The largest absolute Gasteiger partial charge is 0.481 e. The predicted octanol–water partition coefficient (Wildman–Crippen LogP) is 4.89. The monoisotopic (exact) mass is 612 g/mol. The predicted molar refractivity (Wildman–Crippen MR) is 169 cm³/mol. The van der Waals surface area contributed by atoms with Crippen LogP contribution >= 0.6 is 11.6 Å². The van der Waals surface area contributed by atoms with Crippen molar-refractivity contribution in [3.63, 3.8) is 0 Å². The number of hydrogen-bond acceptors (Lipinski definition) is 7. The molecule has 10 nitrogen and oxygen atoms in total. The van der Waals surface area contributed by atoms with Crippen LogP contribution in [0.3, 0.4) is 0 Å². The number of H-pyrrole nitrogens is 1. The third-order valence-corrected chi connectivity index (χ3v) is 8.88. The zero-order chi connectivity index (χ0) is 31.0. The number of nitrogens with one attached hydrogen (secondary N) is 4. The number of aromatic amines is 1. The number of carbonyl (C=O) groups excluding carboxylic acids is 2. The molecule has 0 bridgehead atoms. The quantitative estimate of drug-likeness (QED) is 0.222. The Bertz CT molecular complexity index is 1840. The Labute approximate surface area is 259 Å². The minimum atomic E-state index is -0.547. The van der Waals surface area contributed by atoms with Gasteiger partial charge in [0.05, 0.1) is 24.0 Å². The van der Waals surface area contributed by atoms with E-state index in [1.54, 1.807) is 20.1 Å². The topological polar surface area (TPSA) is 138 Å². The Balaban J connectivity index is 1.29. The number of amides is 2.